The molecule has 0 saturated heterocycles. The molecule has 1 aromatic carbocycles. The molecule has 0 bridgehead atoms. The molecule has 0 aliphatic heterocycles. The zero-order valence-electron chi connectivity index (χ0n) is 15.8. The molecule has 7 heteroatoms. The molecule has 1 aliphatic carbocycles. The normalized spacial score (nSPS) is 15.0. The topological polar surface area (TPSA) is 64.0 Å². The van der Waals surface area contributed by atoms with E-state index in [-0.39, 0.29) is 23.3 Å². The lowest BCUT2D eigenvalue weighted by molar-refractivity contribution is -0.119. The van der Waals surface area contributed by atoms with Gasteiger partial charge in [-0.25, -0.2) is 4.98 Å². The second-order valence-electron chi connectivity index (χ2n) is 7.20. The molecule has 146 valence electrons. The number of carbonyl (C=O) groups is 1. The molecule has 1 amide bonds. The summed E-state index contributed by atoms with van der Waals surface area (Å²) >= 11 is 2.72. The van der Waals surface area contributed by atoms with Crippen molar-refractivity contribution in [2.75, 3.05) is 5.75 Å². The number of amides is 1. The summed E-state index contributed by atoms with van der Waals surface area (Å²) in [5.41, 5.74) is 2.46. The van der Waals surface area contributed by atoms with Crippen LogP contribution in [0.3, 0.4) is 0 Å². The molecule has 4 rings (SSSR count). The maximum atomic E-state index is 13.1. The van der Waals surface area contributed by atoms with Gasteiger partial charge >= 0.3 is 0 Å². The monoisotopic (exact) mass is 413 g/mol. The largest absolute Gasteiger partial charge is 0.353 e. The molecule has 1 fully saturated rings. The number of hydrogen-bond donors (Lipinski definition) is 1. The Morgan fingerprint density at radius 3 is 2.89 bits per heavy atom. The van der Waals surface area contributed by atoms with Crippen molar-refractivity contribution in [1.29, 1.82) is 0 Å². The Hall–Kier alpha value is -2.12. The first-order chi connectivity index (χ1) is 13.6. The van der Waals surface area contributed by atoms with Crippen LogP contribution in [0.15, 0.2) is 45.7 Å². The Balaban J connectivity index is 1.61. The first-order valence-electron chi connectivity index (χ1n) is 9.61. The predicted octanol–water partition coefficient (Wildman–Crippen LogP) is 4.30. The second-order valence-corrected chi connectivity index (χ2v) is 9.06. The number of fused-ring (bicyclic) bond motifs is 1. The third kappa shape index (κ3) is 4.15. The van der Waals surface area contributed by atoms with Gasteiger partial charge in [0.15, 0.2) is 5.16 Å². The molecule has 0 spiro atoms. The Morgan fingerprint density at radius 2 is 2.11 bits per heavy atom. The van der Waals surface area contributed by atoms with Gasteiger partial charge in [-0.15, -0.1) is 11.3 Å². The smallest absolute Gasteiger partial charge is 0.276 e. The minimum Gasteiger partial charge on any atom is -0.353 e. The fourth-order valence-electron chi connectivity index (χ4n) is 3.63. The van der Waals surface area contributed by atoms with Crippen LogP contribution in [-0.2, 0) is 4.79 Å². The van der Waals surface area contributed by atoms with Crippen molar-refractivity contribution in [1.82, 2.24) is 14.9 Å². The predicted molar refractivity (Wildman–Crippen MR) is 116 cm³/mol. The Labute approximate surface area is 172 Å². The van der Waals surface area contributed by atoms with Crippen LogP contribution in [0.25, 0.3) is 15.9 Å². The summed E-state index contributed by atoms with van der Waals surface area (Å²) < 4.78 is 2.27. The van der Waals surface area contributed by atoms with Gasteiger partial charge in [0.25, 0.3) is 5.56 Å². The number of carbonyl (C=O) groups excluding carboxylic acids is 1. The van der Waals surface area contributed by atoms with Crippen molar-refractivity contribution in [3.63, 3.8) is 0 Å². The zero-order valence-corrected chi connectivity index (χ0v) is 17.4. The zero-order chi connectivity index (χ0) is 19.5. The first kappa shape index (κ1) is 19.2. The van der Waals surface area contributed by atoms with E-state index in [1.54, 1.807) is 4.57 Å². The molecular formula is C21H23N3O2S2. The summed E-state index contributed by atoms with van der Waals surface area (Å²) in [6, 6.07) is 9.94. The number of aryl methyl sites for hydroxylation is 1. The summed E-state index contributed by atoms with van der Waals surface area (Å²) in [5, 5.41) is 5.57. The highest BCUT2D eigenvalue weighted by atomic mass is 32.2. The SMILES string of the molecule is Cc1cccc(-n2c(SCC(=O)NC3CCCCC3)nc3ccsc3c2=O)c1. The van der Waals surface area contributed by atoms with Crippen LogP contribution in [0.2, 0.25) is 0 Å². The lowest BCUT2D eigenvalue weighted by Crippen LogP contribution is -2.37. The van der Waals surface area contributed by atoms with Gasteiger partial charge in [-0.1, -0.05) is 43.2 Å². The van der Waals surface area contributed by atoms with Crippen molar-refractivity contribution < 1.29 is 4.79 Å². The Bertz CT molecular complexity index is 1050. The average Bonchev–Trinajstić information content (AvgIpc) is 3.16. The molecule has 2 aromatic heterocycles. The van der Waals surface area contributed by atoms with E-state index < -0.39 is 0 Å². The van der Waals surface area contributed by atoms with Gasteiger partial charge in [0, 0.05) is 6.04 Å². The van der Waals surface area contributed by atoms with Crippen LogP contribution >= 0.6 is 23.1 Å². The fraction of sp³-hybridized carbons (Fsp3) is 0.381. The van der Waals surface area contributed by atoms with Crippen molar-refractivity contribution in [2.45, 2.75) is 50.2 Å². The van der Waals surface area contributed by atoms with Gasteiger partial charge < -0.3 is 5.32 Å². The van der Waals surface area contributed by atoms with Crippen molar-refractivity contribution in [2.24, 2.45) is 0 Å². The van der Waals surface area contributed by atoms with E-state index in [9.17, 15) is 9.59 Å². The minimum absolute atomic E-state index is 0.00681. The van der Waals surface area contributed by atoms with Crippen molar-refractivity contribution >= 4 is 39.2 Å². The molecule has 3 aromatic rings. The quantitative estimate of drug-likeness (QED) is 0.500. The van der Waals surface area contributed by atoms with Crippen LogP contribution in [0.5, 0.6) is 0 Å². The number of thioether (sulfide) groups is 1. The molecule has 1 N–H and O–H groups in total. The van der Waals surface area contributed by atoms with Crippen LogP contribution in [0.4, 0.5) is 0 Å². The van der Waals surface area contributed by atoms with E-state index in [1.807, 2.05) is 42.6 Å². The summed E-state index contributed by atoms with van der Waals surface area (Å²) in [7, 11) is 0. The van der Waals surface area contributed by atoms with E-state index in [1.165, 1.54) is 42.4 Å². The molecule has 0 radical (unpaired) electrons. The number of benzene rings is 1. The standard InChI is InChI=1S/C21H23N3O2S2/c1-14-6-5-9-16(12-14)24-20(26)19-17(10-11-27-19)23-21(24)28-13-18(25)22-15-7-3-2-4-8-15/h5-6,9-12,15H,2-4,7-8,13H2,1H3,(H,22,25). The molecule has 5 nitrogen and oxygen atoms in total. The number of nitrogens with zero attached hydrogens (tertiary/aromatic N) is 2. The van der Waals surface area contributed by atoms with E-state index in [2.05, 4.69) is 10.3 Å². The number of hydrogen-bond acceptors (Lipinski definition) is 5. The highest BCUT2D eigenvalue weighted by molar-refractivity contribution is 7.99. The Kier molecular flexibility index (Phi) is 5.82. The highest BCUT2D eigenvalue weighted by Crippen LogP contribution is 2.24. The van der Waals surface area contributed by atoms with Gasteiger partial charge in [0.2, 0.25) is 5.91 Å². The number of nitrogens with one attached hydrogen (secondary N) is 1. The van der Waals surface area contributed by atoms with Crippen LogP contribution in [-0.4, -0.2) is 27.3 Å². The Morgan fingerprint density at radius 1 is 1.29 bits per heavy atom. The van der Waals surface area contributed by atoms with Gasteiger partial charge in [0.05, 0.1) is 17.0 Å². The minimum atomic E-state index is -0.0826. The van der Waals surface area contributed by atoms with E-state index >= 15 is 0 Å². The van der Waals surface area contributed by atoms with E-state index in [4.69, 9.17) is 0 Å². The lowest BCUT2D eigenvalue weighted by atomic mass is 9.95. The molecule has 28 heavy (non-hydrogen) atoms. The molecular weight excluding hydrogens is 390 g/mol. The van der Waals surface area contributed by atoms with Crippen molar-refractivity contribution in [3.8, 4) is 5.69 Å². The van der Waals surface area contributed by atoms with Gasteiger partial charge in [-0.05, 0) is 48.9 Å². The number of rotatable bonds is 5. The maximum Gasteiger partial charge on any atom is 0.276 e. The molecule has 0 atom stereocenters. The summed E-state index contributed by atoms with van der Waals surface area (Å²) in [6.45, 7) is 2.00. The summed E-state index contributed by atoms with van der Waals surface area (Å²) in [4.78, 5) is 30.2. The number of aromatic nitrogens is 2. The molecule has 1 aliphatic rings. The van der Waals surface area contributed by atoms with E-state index in [0.717, 1.165) is 24.1 Å². The third-order valence-corrected chi connectivity index (χ3v) is 6.84. The summed E-state index contributed by atoms with van der Waals surface area (Å²) in [5.74, 6) is 0.261. The van der Waals surface area contributed by atoms with E-state index in [0.29, 0.717) is 15.4 Å². The molecule has 0 unspecified atom stereocenters. The average molecular weight is 414 g/mol. The lowest BCUT2D eigenvalue weighted by Gasteiger charge is -2.22. The van der Waals surface area contributed by atoms with Crippen LogP contribution in [0, 0.1) is 6.92 Å². The second kappa shape index (κ2) is 8.49. The highest BCUT2D eigenvalue weighted by Gasteiger charge is 2.18. The third-order valence-electron chi connectivity index (χ3n) is 5.01. The van der Waals surface area contributed by atoms with Gasteiger partial charge in [-0.2, -0.15) is 0 Å². The first-order valence-corrected chi connectivity index (χ1v) is 11.5. The number of thiophene rings is 1. The van der Waals surface area contributed by atoms with Crippen LogP contribution in [0.1, 0.15) is 37.7 Å². The maximum absolute atomic E-state index is 13.1. The van der Waals surface area contributed by atoms with Crippen LogP contribution < -0.4 is 10.9 Å². The molecule has 2 heterocycles. The van der Waals surface area contributed by atoms with Crippen molar-refractivity contribution in [3.05, 3.63) is 51.6 Å². The summed E-state index contributed by atoms with van der Waals surface area (Å²) in [6.07, 6.45) is 5.74. The van der Waals surface area contributed by atoms with Gasteiger partial charge in [-0.3, -0.25) is 14.2 Å². The fourth-order valence-corrected chi connectivity index (χ4v) is 5.21. The molecule has 1 saturated carbocycles. The van der Waals surface area contributed by atoms with Gasteiger partial charge in [0.1, 0.15) is 4.70 Å².